The summed E-state index contributed by atoms with van der Waals surface area (Å²) in [6.45, 7) is 14.6. The Morgan fingerprint density at radius 2 is 1.87 bits per heavy atom. The summed E-state index contributed by atoms with van der Waals surface area (Å²) in [5.41, 5.74) is 2.09. The molecule has 6 nitrogen and oxygen atoms in total. The summed E-state index contributed by atoms with van der Waals surface area (Å²) >= 11 is 0. The third-order valence-electron chi connectivity index (χ3n) is 7.45. The average Bonchev–Trinajstić information content (AvgIpc) is 2.87. The van der Waals surface area contributed by atoms with Gasteiger partial charge in [0.1, 0.15) is 6.10 Å². The molecule has 0 aliphatic carbocycles. The number of hydrogen-bond acceptors (Lipinski definition) is 6. The van der Waals surface area contributed by atoms with Crippen LogP contribution in [-0.2, 0) is 23.6 Å². The van der Waals surface area contributed by atoms with E-state index in [9.17, 15) is 9.90 Å². The van der Waals surface area contributed by atoms with Crippen molar-refractivity contribution in [2.24, 2.45) is 23.7 Å². The minimum absolute atomic E-state index is 0.0560. The maximum atomic E-state index is 13.1. The first-order valence-electron chi connectivity index (χ1n) is 14.4. The molecule has 1 heterocycles. The number of cyclic esters (lactones) is 1. The van der Waals surface area contributed by atoms with E-state index in [0.29, 0.717) is 12.3 Å². The normalized spacial score (nSPS) is 30.9. The van der Waals surface area contributed by atoms with Crippen molar-refractivity contribution in [1.82, 2.24) is 0 Å². The highest BCUT2D eigenvalue weighted by Crippen LogP contribution is 2.36. The highest BCUT2D eigenvalue weighted by atomic mass is 31.1. The van der Waals surface area contributed by atoms with Crippen LogP contribution < -0.4 is 0 Å². The Hall–Kier alpha value is -1.03. The zero-order valence-corrected chi connectivity index (χ0v) is 27.6. The molecule has 0 aromatic carbocycles. The van der Waals surface area contributed by atoms with Crippen molar-refractivity contribution in [1.29, 1.82) is 0 Å². The molecule has 7 unspecified atom stereocenters. The van der Waals surface area contributed by atoms with Crippen molar-refractivity contribution < 1.29 is 28.7 Å². The largest absolute Gasteiger partial charge is 0.490 e. The van der Waals surface area contributed by atoms with Crippen molar-refractivity contribution in [2.75, 3.05) is 19.9 Å². The number of carbonyl (C=O) groups excluding carboxylic acids is 1. The smallest absolute Gasteiger partial charge is 0.373 e. The summed E-state index contributed by atoms with van der Waals surface area (Å²) in [6.07, 6.45) is 17.4. The second-order valence-corrected chi connectivity index (χ2v) is 13.4. The monoisotopic (exact) mass is 584 g/mol. The van der Waals surface area contributed by atoms with Gasteiger partial charge in [0, 0.05) is 21.8 Å². The zero-order chi connectivity index (χ0) is 29.4. The van der Waals surface area contributed by atoms with E-state index in [2.05, 4.69) is 56.0 Å². The van der Waals surface area contributed by atoms with Gasteiger partial charge in [-0.2, -0.15) is 0 Å². The Morgan fingerprint density at radius 3 is 2.54 bits per heavy atom. The van der Waals surface area contributed by atoms with E-state index in [0.717, 1.165) is 37.4 Å². The minimum Gasteiger partial charge on any atom is -0.490 e. The molecule has 0 radical (unpaired) electrons. The van der Waals surface area contributed by atoms with Gasteiger partial charge in [0.2, 0.25) is 5.76 Å². The van der Waals surface area contributed by atoms with Crippen LogP contribution in [-0.4, -0.2) is 43.2 Å². The summed E-state index contributed by atoms with van der Waals surface area (Å²) < 4.78 is 21.4. The number of ether oxygens (including phenoxy) is 2. The Morgan fingerprint density at radius 1 is 1.18 bits per heavy atom. The predicted octanol–water partition coefficient (Wildman–Crippen LogP) is 8.29. The fourth-order valence-electron chi connectivity index (χ4n) is 5.18. The van der Waals surface area contributed by atoms with Gasteiger partial charge in [0.05, 0.1) is 21.4 Å². The van der Waals surface area contributed by atoms with Gasteiger partial charge in [-0.15, -0.1) is 0 Å². The molecule has 0 saturated heterocycles. The number of unbranched alkanes of at least 4 members (excludes halogenated alkanes) is 2. The molecule has 1 aliphatic heterocycles. The maximum absolute atomic E-state index is 13.1. The number of aliphatic hydroxyl groups is 1. The lowest BCUT2D eigenvalue weighted by atomic mass is 9.87. The number of aliphatic hydroxyl groups excluding tert-OH is 1. The molecular weight excluding hydrogens is 530 g/mol. The lowest BCUT2D eigenvalue weighted by Gasteiger charge is -2.25. The van der Waals surface area contributed by atoms with E-state index in [4.69, 9.17) is 18.8 Å². The van der Waals surface area contributed by atoms with Crippen LogP contribution in [0.3, 0.4) is 0 Å². The van der Waals surface area contributed by atoms with Gasteiger partial charge in [-0.3, -0.25) is 0 Å². The van der Waals surface area contributed by atoms with Gasteiger partial charge in [0.25, 0.3) is 0 Å². The van der Waals surface area contributed by atoms with E-state index in [1.807, 2.05) is 26.0 Å². The Bertz CT molecular complexity index is 837. The number of rotatable bonds is 12. The molecule has 0 spiro atoms. The van der Waals surface area contributed by atoms with E-state index < -0.39 is 20.2 Å². The van der Waals surface area contributed by atoms with Gasteiger partial charge in [-0.25, -0.2) is 14.1 Å². The summed E-state index contributed by atoms with van der Waals surface area (Å²) in [5.74, 6) is 0.636. The second-order valence-electron chi connectivity index (χ2n) is 11.5. The molecule has 0 amide bonds. The highest BCUT2D eigenvalue weighted by Gasteiger charge is 2.24. The van der Waals surface area contributed by atoms with Crippen molar-refractivity contribution >= 4 is 23.6 Å². The molecule has 39 heavy (non-hydrogen) atoms. The van der Waals surface area contributed by atoms with Crippen molar-refractivity contribution in [2.45, 2.75) is 98.7 Å². The molecule has 8 heteroatoms. The Balaban J connectivity index is 2.88. The van der Waals surface area contributed by atoms with Crippen LogP contribution in [0.5, 0.6) is 0 Å². The summed E-state index contributed by atoms with van der Waals surface area (Å²) in [4.78, 5) is 13.1. The van der Waals surface area contributed by atoms with Crippen molar-refractivity contribution in [3.63, 3.8) is 0 Å². The molecule has 1 aliphatic rings. The van der Waals surface area contributed by atoms with E-state index in [1.54, 1.807) is 6.08 Å². The Labute approximate surface area is 241 Å². The number of hydrogen-bond donors (Lipinski definition) is 1. The number of methoxy groups -OCH3 is 1. The van der Waals surface area contributed by atoms with Crippen molar-refractivity contribution in [3.8, 4) is 0 Å². The third-order valence-corrected chi connectivity index (χ3v) is 9.18. The molecule has 0 fully saturated rings. The van der Waals surface area contributed by atoms with Crippen LogP contribution in [0, 0.1) is 23.7 Å². The quantitative estimate of drug-likeness (QED) is 0.0818. The lowest BCUT2D eigenvalue weighted by Crippen LogP contribution is -2.26. The van der Waals surface area contributed by atoms with Crippen molar-refractivity contribution in [3.05, 3.63) is 47.3 Å². The molecule has 8 atom stereocenters. The van der Waals surface area contributed by atoms with Gasteiger partial charge < -0.3 is 14.6 Å². The minimum atomic E-state index is -0.535. The fourth-order valence-corrected chi connectivity index (χ4v) is 6.89. The van der Waals surface area contributed by atoms with Crippen LogP contribution in [0.1, 0.15) is 86.5 Å². The van der Waals surface area contributed by atoms with Gasteiger partial charge in [-0.05, 0) is 63.3 Å². The van der Waals surface area contributed by atoms with Gasteiger partial charge in [-0.1, -0.05) is 88.8 Å². The molecule has 224 valence electrons. The van der Waals surface area contributed by atoms with Crippen LogP contribution in [0.4, 0.5) is 0 Å². The standard InChI is InChI=1S/C31H54O6P2/c1-22-14-12-13-17-28(25(4)16-11-9-10-15-23(2)21-39(8)37-36-38)35-31(33)29(34-7)20-24(3)19-27(6)30(32)26(5)18-22/h12-14,19-20,23,25-28,30,32H,9-11,15-18,21,38H2,1-8H3/b13-12+,22-14+,24-19+,29-20-/t23?,25?,26-,27?,28?,30?,39?/m0/s1. The molecule has 0 aromatic rings. The molecule has 1 rings (SSSR count). The van der Waals surface area contributed by atoms with E-state index in [1.165, 1.54) is 25.5 Å². The summed E-state index contributed by atoms with van der Waals surface area (Å²) in [6, 6.07) is 0. The maximum Gasteiger partial charge on any atom is 0.373 e. The summed E-state index contributed by atoms with van der Waals surface area (Å²) in [7, 11) is 3.10. The van der Waals surface area contributed by atoms with Crippen LogP contribution in [0.2, 0.25) is 0 Å². The first kappa shape index (κ1) is 36.0. The van der Waals surface area contributed by atoms with Crippen LogP contribution in [0.25, 0.3) is 0 Å². The van der Waals surface area contributed by atoms with Crippen LogP contribution >= 0.6 is 17.6 Å². The first-order chi connectivity index (χ1) is 18.5. The molecule has 0 saturated carbocycles. The summed E-state index contributed by atoms with van der Waals surface area (Å²) in [5, 5.41) is 10.8. The second kappa shape index (κ2) is 19.9. The number of carbonyl (C=O) groups is 1. The fraction of sp³-hybridized carbons (Fsp3) is 0.710. The predicted molar refractivity (Wildman–Crippen MR) is 166 cm³/mol. The number of allylic oxidation sites excluding steroid dienone is 5. The highest BCUT2D eigenvalue weighted by molar-refractivity contribution is 7.51. The number of esters is 1. The topological polar surface area (TPSA) is 74.2 Å². The molecule has 0 aromatic heterocycles. The lowest BCUT2D eigenvalue weighted by molar-refractivity contribution is -0.150. The SMILES string of the molecule is CO/C1=C\C(C)=C\C(C)C(O)[C@@H](C)C/C(C)=C/C=C/CC(C(C)CCCCCC(C)CP(C)OOP)OC1=O. The van der Waals surface area contributed by atoms with Crippen LogP contribution in [0.15, 0.2) is 47.3 Å². The zero-order valence-electron chi connectivity index (χ0n) is 25.5. The third kappa shape index (κ3) is 15.0. The Kier molecular flexibility index (Phi) is 18.4. The van der Waals surface area contributed by atoms with E-state index >= 15 is 0 Å². The first-order valence-corrected chi connectivity index (χ1v) is 16.7. The molecule has 1 N–H and O–H groups in total. The van der Waals surface area contributed by atoms with E-state index in [-0.39, 0.29) is 29.6 Å². The molecule has 0 bridgehead atoms. The average molecular weight is 585 g/mol. The van der Waals surface area contributed by atoms with Gasteiger partial charge in [0.15, 0.2) is 0 Å². The van der Waals surface area contributed by atoms with Gasteiger partial charge >= 0.3 is 5.97 Å². The molecular formula is C31H54O6P2.